The van der Waals surface area contributed by atoms with E-state index >= 15 is 0 Å². The Bertz CT molecular complexity index is 605. The number of hydrogen-bond donors (Lipinski definition) is 2. The van der Waals surface area contributed by atoms with Gasteiger partial charge in [-0.25, -0.2) is 0 Å². The van der Waals surface area contributed by atoms with Crippen LogP contribution in [0.3, 0.4) is 0 Å². The van der Waals surface area contributed by atoms with Crippen LogP contribution >= 0.6 is 12.4 Å². The van der Waals surface area contributed by atoms with E-state index in [2.05, 4.69) is 39.8 Å². The predicted molar refractivity (Wildman–Crippen MR) is 109 cm³/mol. The summed E-state index contributed by atoms with van der Waals surface area (Å²) in [6, 6.07) is 20.6. The molecule has 4 nitrogen and oxygen atoms in total. The summed E-state index contributed by atoms with van der Waals surface area (Å²) in [6.07, 6.45) is 0.482. The van der Waals surface area contributed by atoms with Gasteiger partial charge >= 0.3 is 0 Å². The smallest absolute Gasteiger partial charge is 0.220 e. The Kier molecular flexibility index (Phi) is 8.62. The molecule has 0 bridgehead atoms. The molecule has 1 aliphatic heterocycles. The fraction of sp³-hybridized carbons (Fsp3) is 0.381. The van der Waals surface area contributed by atoms with Gasteiger partial charge in [0.05, 0.1) is 0 Å². The minimum Gasteiger partial charge on any atom is -0.355 e. The van der Waals surface area contributed by atoms with Gasteiger partial charge in [-0.3, -0.25) is 9.69 Å². The number of carbonyl (C=O) groups is 1. The van der Waals surface area contributed by atoms with E-state index in [1.54, 1.807) is 0 Å². The lowest BCUT2D eigenvalue weighted by Crippen LogP contribution is -2.46. The van der Waals surface area contributed by atoms with Gasteiger partial charge in [-0.05, 0) is 11.1 Å². The van der Waals surface area contributed by atoms with E-state index in [9.17, 15) is 4.79 Å². The first kappa shape index (κ1) is 20.4. The highest BCUT2D eigenvalue weighted by Crippen LogP contribution is 2.27. The summed E-state index contributed by atoms with van der Waals surface area (Å²) in [5.74, 6) is 0.217. The second kappa shape index (κ2) is 11.0. The highest BCUT2D eigenvalue weighted by atomic mass is 35.5. The molecule has 0 spiro atoms. The Morgan fingerprint density at radius 1 is 0.962 bits per heavy atom. The third-order valence-electron chi connectivity index (χ3n) is 4.75. The topological polar surface area (TPSA) is 44.4 Å². The summed E-state index contributed by atoms with van der Waals surface area (Å²) in [6.45, 7) is 5.85. The van der Waals surface area contributed by atoms with Crippen LogP contribution in [-0.2, 0) is 4.79 Å². The lowest BCUT2D eigenvalue weighted by atomic mass is 9.88. The van der Waals surface area contributed by atoms with Crippen molar-refractivity contribution in [3.05, 3.63) is 71.8 Å². The lowest BCUT2D eigenvalue weighted by molar-refractivity contribution is -0.121. The van der Waals surface area contributed by atoms with Gasteiger partial charge in [0.1, 0.15) is 0 Å². The van der Waals surface area contributed by atoms with Crippen molar-refractivity contribution in [3.63, 3.8) is 0 Å². The van der Waals surface area contributed by atoms with Crippen LogP contribution in [0, 0.1) is 0 Å². The molecule has 1 amide bonds. The van der Waals surface area contributed by atoms with Crippen molar-refractivity contribution in [2.75, 3.05) is 39.3 Å². The first-order valence-corrected chi connectivity index (χ1v) is 9.12. The minimum absolute atomic E-state index is 0. The number of carbonyl (C=O) groups excluding carboxylic acids is 1. The number of halogens is 1. The van der Waals surface area contributed by atoms with Crippen molar-refractivity contribution in [1.82, 2.24) is 15.5 Å². The predicted octanol–water partition coefficient (Wildman–Crippen LogP) is 2.65. The maximum Gasteiger partial charge on any atom is 0.220 e. The van der Waals surface area contributed by atoms with Crippen LogP contribution in [0.4, 0.5) is 0 Å². The molecule has 1 fully saturated rings. The van der Waals surface area contributed by atoms with Crippen LogP contribution in [0.15, 0.2) is 60.7 Å². The summed E-state index contributed by atoms with van der Waals surface area (Å²) in [4.78, 5) is 14.9. The molecule has 0 radical (unpaired) electrons. The number of rotatable bonds is 7. The van der Waals surface area contributed by atoms with Gasteiger partial charge in [-0.2, -0.15) is 0 Å². The molecule has 26 heavy (non-hydrogen) atoms. The van der Waals surface area contributed by atoms with Crippen molar-refractivity contribution in [3.8, 4) is 0 Å². The van der Waals surface area contributed by atoms with E-state index in [4.69, 9.17) is 0 Å². The van der Waals surface area contributed by atoms with Gasteiger partial charge in [-0.1, -0.05) is 60.7 Å². The second-order valence-corrected chi connectivity index (χ2v) is 6.52. The Morgan fingerprint density at radius 3 is 2.04 bits per heavy atom. The van der Waals surface area contributed by atoms with Gasteiger partial charge < -0.3 is 10.6 Å². The van der Waals surface area contributed by atoms with Crippen molar-refractivity contribution < 1.29 is 4.79 Å². The molecule has 2 aromatic carbocycles. The monoisotopic (exact) mass is 373 g/mol. The molecule has 0 atom stereocenters. The molecule has 0 aromatic heterocycles. The number of hydrogen-bond acceptors (Lipinski definition) is 3. The molecular formula is C21H28ClN3O. The zero-order valence-corrected chi connectivity index (χ0v) is 15.9. The molecule has 1 heterocycles. The minimum atomic E-state index is 0. The average Bonchev–Trinajstić information content (AvgIpc) is 2.68. The maximum atomic E-state index is 12.5. The number of nitrogens with zero attached hydrogens (tertiary/aromatic N) is 1. The van der Waals surface area contributed by atoms with Crippen molar-refractivity contribution in [2.45, 2.75) is 12.3 Å². The van der Waals surface area contributed by atoms with Crippen LogP contribution in [0.5, 0.6) is 0 Å². The van der Waals surface area contributed by atoms with Crippen molar-refractivity contribution >= 4 is 18.3 Å². The number of amides is 1. The highest BCUT2D eigenvalue weighted by molar-refractivity contribution is 5.85. The SMILES string of the molecule is Cl.O=C(CC(c1ccccc1)c1ccccc1)NCCN1CCNCC1. The highest BCUT2D eigenvalue weighted by Gasteiger charge is 2.18. The molecule has 5 heteroatoms. The van der Waals surface area contributed by atoms with Gasteiger partial charge in [0.15, 0.2) is 0 Å². The Hall–Kier alpha value is -1.88. The van der Waals surface area contributed by atoms with E-state index in [0.717, 1.165) is 39.3 Å². The molecule has 0 unspecified atom stereocenters. The second-order valence-electron chi connectivity index (χ2n) is 6.52. The normalized spacial score (nSPS) is 14.7. The molecule has 0 saturated carbocycles. The molecule has 140 valence electrons. The fourth-order valence-electron chi connectivity index (χ4n) is 3.34. The molecule has 2 N–H and O–H groups in total. The first-order valence-electron chi connectivity index (χ1n) is 9.12. The zero-order valence-electron chi connectivity index (χ0n) is 15.1. The van der Waals surface area contributed by atoms with Gasteiger partial charge in [0.25, 0.3) is 0 Å². The summed E-state index contributed by atoms with van der Waals surface area (Å²) >= 11 is 0. The molecular weight excluding hydrogens is 346 g/mol. The molecule has 3 rings (SSSR count). The zero-order chi connectivity index (χ0) is 17.3. The lowest BCUT2D eigenvalue weighted by Gasteiger charge is -2.27. The number of piperazine rings is 1. The maximum absolute atomic E-state index is 12.5. The summed E-state index contributed by atoms with van der Waals surface area (Å²) in [5, 5.41) is 6.45. The fourth-order valence-corrected chi connectivity index (χ4v) is 3.34. The van der Waals surface area contributed by atoms with E-state index in [-0.39, 0.29) is 24.2 Å². The van der Waals surface area contributed by atoms with Crippen LogP contribution < -0.4 is 10.6 Å². The third-order valence-corrected chi connectivity index (χ3v) is 4.75. The largest absolute Gasteiger partial charge is 0.355 e. The molecule has 2 aromatic rings. The molecule has 1 aliphatic rings. The van der Waals surface area contributed by atoms with Crippen molar-refractivity contribution in [1.29, 1.82) is 0 Å². The van der Waals surface area contributed by atoms with Crippen LogP contribution in [0.1, 0.15) is 23.5 Å². The standard InChI is InChI=1S/C21H27N3O.ClH/c25-21(23-13-16-24-14-11-22-12-15-24)17-20(18-7-3-1-4-8-18)19-9-5-2-6-10-19;/h1-10,20,22H,11-17H2,(H,23,25);1H. The van der Waals surface area contributed by atoms with E-state index < -0.39 is 0 Å². The third kappa shape index (κ3) is 6.13. The average molecular weight is 374 g/mol. The Balaban J connectivity index is 0.00000243. The van der Waals surface area contributed by atoms with E-state index in [0.29, 0.717) is 6.42 Å². The van der Waals surface area contributed by atoms with E-state index in [1.807, 2.05) is 36.4 Å². The Morgan fingerprint density at radius 2 is 1.50 bits per heavy atom. The van der Waals surface area contributed by atoms with Crippen LogP contribution in [0.2, 0.25) is 0 Å². The van der Waals surface area contributed by atoms with Gasteiger partial charge in [0, 0.05) is 51.6 Å². The molecule has 1 saturated heterocycles. The quantitative estimate of drug-likeness (QED) is 0.784. The van der Waals surface area contributed by atoms with Gasteiger partial charge in [0.2, 0.25) is 5.91 Å². The van der Waals surface area contributed by atoms with Crippen LogP contribution in [-0.4, -0.2) is 50.1 Å². The molecule has 0 aliphatic carbocycles. The number of nitrogens with one attached hydrogen (secondary N) is 2. The van der Waals surface area contributed by atoms with Gasteiger partial charge in [-0.15, -0.1) is 12.4 Å². The van der Waals surface area contributed by atoms with E-state index in [1.165, 1.54) is 11.1 Å². The first-order chi connectivity index (χ1) is 12.3. The summed E-state index contributed by atoms with van der Waals surface area (Å²) in [5.41, 5.74) is 2.37. The Labute approximate surface area is 162 Å². The summed E-state index contributed by atoms with van der Waals surface area (Å²) in [7, 11) is 0. The van der Waals surface area contributed by atoms with Crippen molar-refractivity contribution in [2.24, 2.45) is 0 Å². The van der Waals surface area contributed by atoms with Crippen LogP contribution in [0.25, 0.3) is 0 Å². The summed E-state index contributed by atoms with van der Waals surface area (Å²) < 4.78 is 0. The number of benzene rings is 2.